The predicted molar refractivity (Wildman–Crippen MR) is 86.3 cm³/mol. The first-order chi connectivity index (χ1) is 12.9. The Morgan fingerprint density at radius 3 is 2.29 bits per heavy atom. The zero-order valence-electron chi connectivity index (χ0n) is 13.4. The summed E-state index contributed by atoms with van der Waals surface area (Å²) in [7, 11) is 0. The molecule has 0 amide bonds. The van der Waals surface area contributed by atoms with Crippen LogP contribution in [0.2, 0.25) is 5.02 Å². The molecule has 2 N–H and O–H groups in total. The van der Waals surface area contributed by atoms with E-state index < -0.39 is 46.3 Å². The SMILES string of the molecule is O=c1[nH]c(-c2ccc(C(F)(F)F)cc2C(F)(F)F)nn1-c1cc(Cl)ccc1O. The van der Waals surface area contributed by atoms with Gasteiger partial charge in [0, 0.05) is 10.6 Å². The topological polar surface area (TPSA) is 70.9 Å². The average Bonchev–Trinajstić information content (AvgIpc) is 2.96. The summed E-state index contributed by atoms with van der Waals surface area (Å²) in [6.45, 7) is 0. The third kappa shape index (κ3) is 3.70. The molecule has 0 fully saturated rings. The lowest BCUT2D eigenvalue weighted by Crippen LogP contribution is -2.16. The number of alkyl halides is 6. The molecule has 0 radical (unpaired) electrons. The highest BCUT2D eigenvalue weighted by atomic mass is 35.5. The van der Waals surface area contributed by atoms with E-state index in [1.54, 1.807) is 0 Å². The van der Waals surface area contributed by atoms with Gasteiger partial charge in [-0.3, -0.25) is 4.98 Å². The van der Waals surface area contributed by atoms with Crippen LogP contribution in [0.25, 0.3) is 17.1 Å². The van der Waals surface area contributed by atoms with E-state index in [1.807, 2.05) is 4.98 Å². The van der Waals surface area contributed by atoms with Gasteiger partial charge in [0.2, 0.25) is 0 Å². The van der Waals surface area contributed by atoms with Crippen LogP contribution < -0.4 is 5.69 Å². The second kappa shape index (κ2) is 6.59. The van der Waals surface area contributed by atoms with E-state index in [0.717, 1.165) is 12.1 Å². The summed E-state index contributed by atoms with van der Waals surface area (Å²) < 4.78 is 78.8. The molecule has 28 heavy (non-hydrogen) atoms. The molecule has 0 aliphatic carbocycles. The second-order valence-corrected chi connectivity index (χ2v) is 6.02. The van der Waals surface area contributed by atoms with Crippen molar-refractivity contribution in [3.8, 4) is 22.8 Å². The smallest absolute Gasteiger partial charge is 0.417 e. The van der Waals surface area contributed by atoms with Crippen LogP contribution in [0.1, 0.15) is 11.1 Å². The van der Waals surface area contributed by atoms with Gasteiger partial charge >= 0.3 is 18.0 Å². The molecule has 0 saturated carbocycles. The minimum absolute atomic E-state index is 0.0659. The van der Waals surface area contributed by atoms with E-state index in [4.69, 9.17) is 11.6 Å². The number of hydrogen-bond donors (Lipinski definition) is 2. The number of hydrogen-bond acceptors (Lipinski definition) is 3. The maximum absolute atomic E-state index is 13.3. The van der Waals surface area contributed by atoms with Crippen LogP contribution >= 0.6 is 11.6 Å². The lowest BCUT2D eigenvalue weighted by Gasteiger charge is -2.14. The van der Waals surface area contributed by atoms with Crippen molar-refractivity contribution in [2.45, 2.75) is 12.4 Å². The van der Waals surface area contributed by atoms with E-state index in [9.17, 15) is 36.2 Å². The van der Waals surface area contributed by atoms with Crippen LogP contribution in [0.5, 0.6) is 5.75 Å². The van der Waals surface area contributed by atoms with Gasteiger partial charge in [-0.05, 0) is 36.4 Å². The van der Waals surface area contributed by atoms with Crippen molar-refractivity contribution >= 4 is 11.6 Å². The predicted octanol–water partition coefficient (Wildman–Crippen LogP) is 4.62. The van der Waals surface area contributed by atoms with Crippen LogP contribution in [0.15, 0.2) is 41.2 Å². The molecule has 0 unspecified atom stereocenters. The fourth-order valence-electron chi connectivity index (χ4n) is 2.44. The molecule has 5 nitrogen and oxygen atoms in total. The summed E-state index contributed by atoms with van der Waals surface area (Å²) >= 11 is 5.77. The molecule has 1 heterocycles. The molecular formula is C16H8ClF6N3O2. The Kier molecular flexibility index (Phi) is 4.66. The number of phenols is 1. The van der Waals surface area contributed by atoms with Gasteiger partial charge < -0.3 is 5.11 Å². The second-order valence-electron chi connectivity index (χ2n) is 5.58. The maximum Gasteiger partial charge on any atom is 0.417 e. The first-order valence-corrected chi connectivity index (χ1v) is 7.73. The molecule has 3 aromatic rings. The van der Waals surface area contributed by atoms with Gasteiger partial charge in [-0.15, -0.1) is 5.10 Å². The molecular weight excluding hydrogens is 416 g/mol. The largest absolute Gasteiger partial charge is 0.506 e. The van der Waals surface area contributed by atoms with Crippen molar-refractivity contribution in [3.63, 3.8) is 0 Å². The minimum atomic E-state index is -5.14. The number of phenolic OH excluding ortho intramolecular Hbond substituents is 1. The summed E-state index contributed by atoms with van der Waals surface area (Å²) in [5, 5.41) is 13.6. The number of benzene rings is 2. The molecule has 0 atom stereocenters. The summed E-state index contributed by atoms with van der Waals surface area (Å²) in [5.74, 6) is -1.07. The summed E-state index contributed by atoms with van der Waals surface area (Å²) in [6, 6.07) is 4.52. The third-order valence-electron chi connectivity index (χ3n) is 3.69. The molecule has 0 spiro atoms. The first-order valence-electron chi connectivity index (χ1n) is 7.35. The van der Waals surface area contributed by atoms with Gasteiger partial charge in [0.05, 0.1) is 11.1 Å². The van der Waals surface area contributed by atoms with Crippen molar-refractivity contribution in [3.05, 3.63) is 63.0 Å². The third-order valence-corrected chi connectivity index (χ3v) is 3.93. The number of nitrogens with one attached hydrogen (secondary N) is 1. The van der Waals surface area contributed by atoms with Crippen LogP contribution in [0.3, 0.4) is 0 Å². The van der Waals surface area contributed by atoms with Crippen LogP contribution in [-0.4, -0.2) is 19.9 Å². The van der Waals surface area contributed by atoms with Crippen molar-refractivity contribution in [2.24, 2.45) is 0 Å². The van der Waals surface area contributed by atoms with E-state index in [0.29, 0.717) is 16.8 Å². The number of rotatable bonds is 2. The van der Waals surface area contributed by atoms with Gasteiger partial charge in [0.15, 0.2) is 5.82 Å². The summed E-state index contributed by atoms with van der Waals surface area (Å²) in [5.41, 5.74) is -5.14. The van der Waals surface area contributed by atoms with Gasteiger partial charge in [0.25, 0.3) is 0 Å². The Morgan fingerprint density at radius 1 is 1.00 bits per heavy atom. The number of aromatic nitrogens is 3. The van der Waals surface area contributed by atoms with Crippen LogP contribution in [0, 0.1) is 0 Å². The Bertz CT molecular complexity index is 1100. The number of nitrogens with zero attached hydrogens (tertiary/aromatic N) is 2. The molecule has 0 saturated heterocycles. The lowest BCUT2D eigenvalue weighted by atomic mass is 10.0. The quantitative estimate of drug-likeness (QED) is 0.591. The molecule has 0 aliphatic rings. The van der Waals surface area contributed by atoms with Gasteiger partial charge in [-0.25, -0.2) is 4.79 Å². The number of halogens is 7. The zero-order valence-corrected chi connectivity index (χ0v) is 14.1. The van der Waals surface area contributed by atoms with E-state index in [2.05, 4.69) is 5.10 Å². The van der Waals surface area contributed by atoms with Crippen molar-refractivity contribution in [1.29, 1.82) is 0 Å². The van der Waals surface area contributed by atoms with E-state index in [1.165, 1.54) is 6.07 Å². The molecule has 2 aromatic carbocycles. The molecule has 0 bridgehead atoms. The molecule has 12 heteroatoms. The molecule has 1 aromatic heterocycles. The minimum Gasteiger partial charge on any atom is -0.506 e. The Labute approximate surface area is 156 Å². The number of aromatic hydroxyl groups is 1. The fourth-order valence-corrected chi connectivity index (χ4v) is 2.60. The highest BCUT2D eigenvalue weighted by Crippen LogP contribution is 2.40. The van der Waals surface area contributed by atoms with E-state index in [-0.39, 0.29) is 16.8 Å². The monoisotopic (exact) mass is 423 g/mol. The van der Waals surface area contributed by atoms with Gasteiger partial charge in [-0.1, -0.05) is 11.6 Å². The molecule has 0 aliphatic heterocycles. The first kappa shape index (κ1) is 19.8. The van der Waals surface area contributed by atoms with Gasteiger partial charge in [0.1, 0.15) is 11.4 Å². The number of aromatic amines is 1. The summed E-state index contributed by atoms with van der Waals surface area (Å²) in [6.07, 6.45) is -10.1. The molecule has 148 valence electrons. The van der Waals surface area contributed by atoms with Crippen LogP contribution in [0.4, 0.5) is 26.3 Å². The number of H-pyrrole nitrogens is 1. The Hall–Kier alpha value is -2.95. The zero-order chi connectivity index (χ0) is 20.9. The van der Waals surface area contributed by atoms with Crippen molar-refractivity contribution < 1.29 is 31.4 Å². The standard InChI is InChI=1S/C16H8ClF6N3O2/c17-8-2-4-12(27)11(6-8)26-14(28)24-13(25-26)9-3-1-7(15(18,19)20)5-10(9)16(21,22)23/h1-6,27H,(H,24,25,28). The fraction of sp³-hybridized carbons (Fsp3) is 0.125. The van der Waals surface area contributed by atoms with Gasteiger partial charge in [-0.2, -0.15) is 31.0 Å². The maximum atomic E-state index is 13.3. The molecule has 3 rings (SSSR count). The highest BCUT2D eigenvalue weighted by molar-refractivity contribution is 6.30. The Morgan fingerprint density at radius 2 is 1.68 bits per heavy atom. The van der Waals surface area contributed by atoms with Crippen molar-refractivity contribution in [2.75, 3.05) is 0 Å². The average molecular weight is 424 g/mol. The van der Waals surface area contributed by atoms with Crippen molar-refractivity contribution in [1.82, 2.24) is 14.8 Å². The highest BCUT2D eigenvalue weighted by Gasteiger charge is 2.39. The van der Waals surface area contributed by atoms with E-state index >= 15 is 0 Å². The lowest BCUT2D eigenvalue weighted by molar-refractivity contribution is -0.142. The van der Waals surface area contributed by atoms with Crippen LogP contribution in [-0.2, 0) is 12.4 Å². The summed E-state index contributed by atoms with van der Waals surface area (Å²) in [4.78, 5) is 14.1. The normalized spacial score (nSPS) is 12.4. The Balaban J connectivity index is 2.20.